The Kier molecular flexibility index (Phi) is 6.72. The molecule has 0 bridgehead atoms. The van der Waals surface area contributed by atoms with Crippen LogP contribution in [0, 0.1) is 13.8 Å². The van der Waals surface area contributed by atoms with Gasteiger partial charge in [0.1, 0.15) is 0 Å². The minimum absolute atomic E-state index is 0.0157. The molecule has 0 radical (unpaired) electrons. The van der Waals surface area contributed by atoms with Crippen molar-refractivity contribution in [3.63, 3.8) is 0 Å². The molecule has 0 saturated heterocycles. The Balaban J connectivity index is 2.58. The number of para-hydroxylation sites is 1. The van der Waals surface area contributed by atoms with Gasteiger partial charge in [0.15, 0.2) is 0 Å². The molecule has 0 aliphatic rings. The molecule has 100 valence electrons. The molecule has 1 amide bonds. The number of rotatable bonds is 6. The molecule has 0 spiro atoms. The molecular weight excluding hydrogens is 314 g/mol. The lowest BCUT2D eigenvalue weighted by Crippen LogP contribution is -2.23. The molecule has 1 aromatic carbocycles. The van der Waals surface area contributed by atoms with E-state index in [9.17, 15) is 4.79 Å². The summed E-state index contributed by atoms with van der Waals surface area (Å²) in [7, 11) is 0. The predicted molar refractivity (Wildman–Crippen MR) is 81.8 cm³/mol. The van der Waals surface area contributed by atoms with Gasteiger partial charge in [-0.25, -0.2) is 0 Å². The Labute approximate surface area is 122 Å². The highest BCUT2D eigenvalue weighted by Gasteiger charge is 2.15. The van der Waals surface area contributed by atoms with Gasteiger partial charge in [0, 0.05) is 11.6 Å². The first kappa shape index (κ1) is 15.5. The highest BCUT2D eigenvalue weighted by atomic mass is 79.9. The van der Waals surface area contributed by atoms with Gasteiger partial charge in [-0.1, -0.05) is 40.5 Å². The number of amides is 1. The highest BCUT2D eigenvalue weighted by Crippen LogP contribution is 2.21. The van der Waals surface area contributed by atoms with Crippen LogP contribution in [0.1, 0.15) is 30.4 Å². The molecule has 0 aliphatic heterocycles. The normalized spacial score (nSPS) is 12.2. The fourth-order valence-corrected chi connectivity index (χ4v) is 2.39. The lowest BCUT2D eigenvalue weighted by Gasteiger charge is -2.14. The molecule has 0 fully saturated rings. The van der Waals surface area contributed by atoms with E-state index < -0.39 is 0 Å². The van der Waals surface area contributed by atoms with Crippen molar-refractivity contribution in [1.82, 2.24) is 0 Å². The van der Waals surface area contributed by atoms with Gasteiger partial charge in [-0.2, -0.15) is 0 Å². The number of unbranched alkanes of at least 4 members (excludes halogenated alkanes) is 1. The van der Waals surface area contributed by atoms with Gasteiger partial charge < -0.3 is 5.32 Å². The van der Waals surface area contributed by atoms with Gasteiger partial charge in [-0.05, 0) is 37.8 Å². The zero-order valence-electron chi connectivity index (χ0n) is 10.8. The van der Waals surface area contributed by atoms with Crippen molar-refractivity contribution in [3.05, 3.63) is 29.3 Å². The minimum Gasteiger partial charge on any atom is -0.325 e. The molecule has 0 heterocycles. The van der Waals surface area contributed by atoms with Crippen molar-refractivity contribution in [3.8, 4) is 0 Å². The molecule has 1 aromatic rings. The van der Waals surface area contributed by atoms with Crippen molar-refractivity contribution < 1.29 is 4.79 Å². The summed E-state index contributed by atoms with van der Waals surface area (Å²) >= 11 is 9.04. The lowest BCUT2D eigenvalue weighted by molar-refractivity contribution is -0.115. The monoisotopic (exact) mass is 331 g/mol. The Morgan fingerprint density at radius 2 is 1.94 bits per heavy atom. The van der Waals surface area contributed by atoms with Crippen LogP contribution in [0.3, 0.4) is 0 Å². The summed E-state index contributed by atoms with van der Waals surface area (Å²) < 4.78 is 0. The van der Waals surface area contributed by atoms with Crippen molar-refractivity contribution in [2.24, 2.45) is 0 Å². The number of hydrogen-bond acceptors (Lipinski definition) is 1. The summed E-state index contributed by atoms with van der Waals surface area (Å²) in [4.78, 5) is 11.9. The topological polar surface area (TPSA) is 29.1 Å². The second kappa shape index (κ2) is 7.80. The lowest BCUT2D eigenvalue weighted by atomic mass is 10.1. The van der Waals surface area contributed by atoms with Crippen LogP contribution in [-0.2, 0) is 4.79 Å². The summed E-state index contributed by atoms with van der Waals surface area (Å²) in [6.45, 7) is 4.00. The number of hydrogen-bond donors (Lipinski definition) is 1. The summed E-state index contributed by atoms with van der Waals surface area (Å²) in [6.07, 6.45) is 2.71. The van der Waals surface area contributed by atoms with Crippen molar-refractivity contribution in [2.75, 3.05) is 11.2 Å². The third-order valence-electron chi connectivity index (χ3n) is 2.86. The summed E-state index contributed by atoms with van der Waals surface area (Å²) in [5, 5.41) is 2.99. The number of carbonyl (C=O) groups is 1. The van der Waals surface area contributed by atoms with Crippen LogP contribution < -0.4 is 5.32 Å². The van der Waals surface area contributed by atoms with Gasteiger partial charge in [-0.3, -0.25) is 4.79 Å². The predicted octanol–water partition coefficient (Wildman–Crippen LogP) is 4.41. The SMILES string of the molecule is Cc1cccc(C)c1NC(=O)[C@H](Br)CCCCCl. The first-order valence-electron chi connectivity index (χ1n) is 6.13. The van der Waals surface area contributed by atoms with E-state index >= 15 is 0 Å². The molecular formula is C14H19BrClNO. The minimum atomic E-state index is -0.153. The quantitative estimate of drug-likeness (QED) is 0.606. The Morgan fingerprint density at radius 1 is 1.33 bits per heavy atom. The second-order valence-electron chi connectivity index (χ2n) is 4.41. The van der Waals surface area contributed by atoms with E-state index in [1.54, 1.807) is 0 Å². The second-order valence-corrected chi connectivity index (χ2v) is 5.89. The number of anilines is 1. The van der Waals surface area contributed by atoms with Crippen molar-refractivity contribution in [2.45, 2.75) is 37.9 Å². The number of benzene rings is 1. The number of aryl methyl sites for hydroxylation is 2. The maximum Gasteiger partial charge on any atom is 0.238 e. The number of carbonyl (C=O) groups excluding carboxylic acids is 1. The molecule has 0 saturated carbocycles. The van der Waals surface area contributed by atoms with Crippen molar-refractivity contribution in [1.29, 1.82) is 0 Å². The van der Waals surface area contributed by atoms with E-state index in [2.05, 4.69) is 21.2 Å². The molecule has 0 aromatic heterocycles. The largest absolute Gasteiger partial charge is 0.325 e. The van der Waals surface area contributed by atoms with E-state index in [0.717, 1.165) is 36.1 Å². The summed E-state index contributed by atoms with van der Waals surface area (Å²) in [6, 6.07) is 5.99. The summed E-state index contributed by atoms with van der Waals surface area (Å²) in [5.41, 5.74) is 3.09. The van der Waals surface area contributed by atoms with Crippen molar-refractivity contribution >= 4 is 39.1 Å². The van der Waals surface area contributed by atoms with Gasteiger partial charge in [0.25, 0.3) is 0 Å². The zero-order chi connectivity index (χ0) is 13.5. The number of nitrogens with one attached hydrogen (secondary N) is 1. The smallest absolute Gasteiger partial charge is 0.238 e. The molecule has 1 N–H and O–H groups in total. The molecule has 4 heteroatoms. The van der Waals surface area contributed by atoms with Crippen LogP contribution in [-0.4, -0.2) is 16.6 Å². The van der Waals surface area contributed by atoms with Crippen LogP contribution in [0.2, 0.25) is 0 Å². The van der Waals surface area contributed by atoms with Crippen LogP contribution >= 0.6 is 27.5 Å². The maximum absolute atomic E-state index is 12.0. The molecule has 1 atom stereocenters. The van der Waals surface area contributed by atoms with E-state index in [1.165, 1.54) is 0 Å². The van der Waals surface area contributed by atoms with Crippen LogP contribution in [0.15, 0.2) is 18.2 Å². The third-order valence-corrected chi connectivity index (χ3v) is 4.00. The van der Waals surface area contributed by atoms with Gasteiger partial charge in [0.2, 0.25) is 5.91 Å². The zero-order valence-corrected chi connectivity index (χ0v) is 13.1. The summed E-state index contributed by atoms with van der Waals surface area (Å²) in [5.74, 6) is 0.667. The Hall–Kier alpha value is -0.540. The standard InChI is InChI=1S/C14H19BrClNO/c1-10-6-5-7-11(2)13(10)17-14(18)12(15)8-3-4-9-16/h5-7,12H,3-4,8-9H2,1-2H3,(H,17,18)/t12-/m1/s1. The van der Waals surface area contributed by atoms with E-state index in [4.69, 9.17) is 11.6 Å². The van der Waals surface area contributed by atoms with Gasteiger partial charge in [-0.15, -0.1) is 11.6 Å². The van der Waals surface area contributed by atoms with Gasteiger partial charge >= 0.3 is 0 Å². The Morgan fingerprint density at radius 3 is 2.50 bits per heavy atom. The van der Waals surface area contributed by atoms with Gasteiger partial charge in [0.05, 0.1) is 4.83 Å². The molecule has 18 heavy (non-hydrogen) atoms. The van der Waals surface area contributed by atoms with E-state index in [0.29, 0.717) is 5.88 Å². The number of halogens is 2. The van der Waals surface area contributed by atoms with E-state index in [-0.39, 0.29) is 10.7 Å². The average Bonchev–Trinajstić information content (AvgIpc) is 2.34. The van der Waals surface area contributed by atoms with Crippen LogP contribution in [0.5, 0.6) is 0 Å². The van der Waals surface area contributed by atoms with Crippen LogP contribution in [0.4, 0.5) is 5.69 Å². The first-order valence-corrected chi connectivity index (χ1v) is 7.58. The molecule has 2 nitrogen and oxygen atoms in total. The number of alkyl halides is 2. The molecule has 0 aliphatic carbocycles. The molecule has 1 rings (SSSR count). The molecule has 0 unspecified atom stereocenters. The average molecular weight is 333 g/mol. The van der Waals surface area contributed by atoms with E-state index in [1.807, 2.05) is 32.0 Å². The fourth-order valence-electron chi connectivity index (χ4n) is 1.76. The first-order chi connectivity index (χ1) is 8.56. The third kappa shape index (κ3) is 4.62. The highest BCUT2D eigenvalue weighted by molar-refractivity contribution is 9.10. The Bertz CT molecular complexity index is 389. The fraction of sp³-hybridized carbons (Fsp3) is 0.500. The van der Waals surface area contributed by atoms with Crippen LogP contribution in [0.25, 0.3) is 0 Å². The maximum atomic E-state index is 12.0.